The van der Waals surface area contributed by atoms with Crippen molar-refractivity contribution in [3.05, 3.63) is 23.8 Å². The zero-order valence-electron chi connectivity index (χ0n) is 15.7. The van der Waals surface area contributed by atoms with E-state index >= 15 is 0 Å². The van der Waals surface area contributed by atoms with Crippen molar-refractivity contribution in [1.82, 2.24) is 9.88 Å². The number of carbonyl (C=O) groups is 1. The quantitative estimate of drug-likeness (QED) is 0.836. The van der Waals surface area contributed by atoms with Crippen LogP contribution in [0.2, 0.25) is 0 Å². The SMILES string of the molecule is CCOC(=O)N1CCN(c2cc(C)c3c(OC)ccc(OC)c3n2)CC1. The summed E-state index contributed by atoms with van der Waals surface area (Å²) in [5, 5.41) is 0.959. The Balaban J connectivity index is 1.89. The van der Waals surface area contributed by atoms with Gasteiger partial charge in [0.2, 0.25) is 0 Å². The van der Waals surface area contributed by atoms with E-state index in [-0.39, 0.29) is 6.09 Å². The van der Waals surface area contributed by atoms with Crippen molar-refractivity contribution in [2.45, 2.75) is 13.8 Å². The predicted octanol–water partition coefficient (Wildman–Crippen LogP) is 2.84. The second-order valence-corrected chi connectivity index (χ2v) is 6.16. The van der Waals surface area contributed by atoms with E-state index < -0.39 is 0 Å². The molecule has 140 valence electrons. The van der Waals surface area contributed by atoms with Crippen LogP contribution in [0.5, 0.6) is 11.5 Å². The van der Waals surface area contributed by atoms with Gasteiger partial charge in [-0.15, -0.1) is 0 Å². The molecule has 26 heavy (non-hydrogen) atoms. The smallest absolute Gasteiger partial charge is 0.409 e. The Morgan fingerprint density at radius 3 is 2.38 bits per heavy atom. The molecule has 0 aliphatic carbocycles. The molecule has 0 bridgehead atoms. The molecule has 0 atom stereocenters. The molecule has 2 aromatic rings. The van der Waals surface area contributed by atoms with Crippen LogP contribution in [0.1, 0.15) is 12.5 Å². The van der Waals surface area contributed by atoms with Crippen LogP contribution >= 0.6 is 0 Å². The number of methoxy groups -OCH3 is 2. The molecule has 3 rings (SSSR count). The summed E-state index contributed by atoms with van der Waals surface area (Å²) in [7, 11) is 3.30. The molecule has 2 heterocycles. The molecule has 1 aliphatic heterocycles. The van der Waals surface area contributed by atoms with Gasteiger partial charge in [0.15, 0.2) is 0 Å². The van der Waals surface area contributed by atoms with Gasteiger partial charge in [-0.2, -0.15) is 0 Å². The van der Waals surface area contributed by atoms with Crippen LogP contribution in [-0.2, 0) is 4.74 Å². The number of hydrogen-bond acceptors (Lipinski definition) is 6. The van der Waals surface area contributed by atoms with Crippen LogP contribution in [0.3, 0.4) is 0 Å². The lowest BCUT2D eigenvalue weighted by molar-refractivity contribution is 0.105. The standard InChI is InChI=1S/C19H25N3O4/c1-5-26-19(23)22-10-8-21(9-11-22)16-12-13(2)17-14(24-3)6-7-15(25-4)18(17)20-16/h6-7,12H,5,8-11H2,1-4H3. The fourth-order valence-corrected chi connectivity index (χ4v) is 3.29. The monoisotopic (exact) mass is 359 g/mol. The molecule has 0 radical (unpaired) electrons. The number of ether oxygens (including phenoxy) is 3. The Hall–Kier alpha value is -2.70. The number of piperazine rings is 1. The summed E-state index contributed by atoms with van der Waals surface area (Å²) in [5.41, 5.74) is 1.86. The van der Waals surface area contributed by atoms with Crippen molar-refractivity contribution in [2.75, 3.05) is 51.9 Å². The third-order valence-electron chi connectivity index (χ3n) is 4.64. The highest BCUT2D eigenvalue weighted by Crippen LogP contribution is 2.36. The lowest BCUT2D eigenvalue weighted by atomic mass is 10.1. The molecular weight excluding hydrogens is 334 g/mol. The predicted molar refractivity (Wildman–Crippen MR) is 100 cm³/mol. The third kappa shape index (κ3) is 3.34. The van der Waals surface area contributed by atoms with Gasteiger partial charge < -0.3 is 24.0 Å². The van der Waals surface area contributed by atoms with Gasteiger partial charge in [-0.25, -0.2) is 9.78 Å². The summed E-state index contributed by atoms with van der Waals surface area (Å²) in [6.45, 7) is 6.92. The highest BCUT2D eigenvalue weighted by atomic mass is 16.6. The lowest BCUT2D eigenvalue weighted by Gasteiger charge is -2.35. The number of hydrogen-bond donors (Lipinski definition) is 0. The molecule has 7 heteroatoms. The highest BCUT2D eigenvalue weighted by molar-refractivity contribution is 5.94. The number of nitrogens with zero attached hydrogens (tertiary/aromatic N) is 3. The Bertz CT molecular complexity index is 801. The minimum atomic E-state index is -0.249. The zero-order chi connectivity index (χ0) is 18.7. The second-order valence-electron chi connectivity index (χ2n) is 6.16. The van der Waals surface area contributed by atoms with Crippen molar-refractivity contribution in [3.8, 4) is 11.5 Å². The number of carbonyl (C=O) groups excluding carboxylic acids is 1. The molecule has 1 aromatic carbocycles. The van der Waals surface area contributed by atoms with Crippen molar-refractivity contribution >= 4 is 22.8 Å². The fourth-order valence-electron chi connectivity index (χ4n) is 3.29. The van der Waals surface area contributed by atoms with E-state index in [1.807, 2.05) is 26.0 Å². The zero-order valence-corrected chi connectivity index (χ0v) is 15.7. The molecule has 0 spiro atoms. The second kappa shape index (κ2) is 7.68. The number of aromatic nitrogens is 1. The van der Waals surface area contributed by atoms with Gasteiger partial charge in [-0.05, 0) is 37.6 Å². The van der Waals surface area contributed by atoms with E-state index in [0.717, 1.165) is 33.8 Å². The first kappa shape index (κ1) is 18.1. The first-order chi connectivity index (χ1) is 12.6. The van der Waals surface area contributed by atoms with Gasteiger partial charge >= 0.3 is 6.09 Å². The van der Waals surface area contributed by atoms with E-state index in [0.29, 0.717) is 32.8 Å². The highest BCUT2D eigenvalue weighted by Gasteiger charge is 2.24. The molecule has 1 saturated heterocycles. The number of amides is 1. The van der Waals surface area contributed by atoms with E-state index in [4.69, 9.17) is 19.2 Å². The van der Waals surface area contributed by atoms with Gasteiger partial charge in [0, 0.05) is 31.6 Å². The average Bonchev–Trinajstić information content (AvgIpc) is 2.67. The average molecular weight is 359 g/mol. The summed E-state index contributed by atoms with van der Waals surface area (Å²) < 4.78 is 16.1. The molecule has 7 nitrogen and oxygen atoms in total. The summed E-state index contributed by atoms with van der Waals surface area (Å²) >= 11 is 0. The number of anilines is 1. The van der Waals surface area contributed by atoms with Crippen molar-refractivity contribution < 1.29 is 19.0 Å². The van der Waals surface area contributed by atoms with Gasteiger partial charge in [-0.3, -0.25) is 0 Å². The van der Waals surface area contributed by atoms with Crippen LogP contribution in [-0.4, -0.2) is 63.0 Å². The van der Waals surface area contributed by atoms with E-state index in [1.54, 1.807) is 19.1 Å². The van der Waals surface area contributed by atoms with Gasteiger partial charge in [0.05, 0.1) is 20.8 Å². The molecule has 0 N–H and O–H groups in total. The molecule has 0 unspecified atom stereocenters. The maximum atomic E-state index is 11.9. The van der Waals surface area contributed by atoms with Crippen LogP contribution in [0.25, 0.3) is 10.9 Å². The Morgan fingerprint density at radius 1 is 1.12 bits per heavy atom. The van der Waals surface area contributed by atoms with Crippen molar-refractivity contribution in [2.24, 2.45) is 0 Å². The number of fused-ring (bicyclic) bond motifs is 1. The first-order valence-corrected chi connectivity index (χ1v) is 8.78. The number of aryl methyl sites for hydroxylation is 1. The van der Waals surface area contributed by atoms with E-state index in [1.165, 1.54) is 0 Å². The third-order valence-corrected chi connectivity index (χ3v) is 4.64. The summed E-state index contributed by atoms with van der Waals surface area (Å²) in [5.74, 6) is 2.38. The van der Waals surface area contributed by atoms with Crippen molar-refractivity contribution in [1.29, 1.82) is 0 Å². The maximum absolute atomic E-state index is 11.9. The Labute approximate surface area is 153 Å². The topological polar surface area (TPSA) is 64.1 Å². The summed E-state index contributed by atoms with van der Waals surface area (Å²) in [6, 6.07) is 5.83. The minimum absolute atomic E-state index is 0.249. The van der Waals surface area contributed by atoms with Crippen LogP contribution in [0, 0.1) is 6.92 Å². The van der Waals surface area contributed by atoms with Gasteiger partial charge in [0.1, 0.15) is 22.8 Å². The number of benzene rings is 1. The Kier molecular flexibility index (Phi) is 5.35. The van der Waals surface area contributed by atoms with E-state index in [2.05, 4.69) is 11.0 Å². The summed E-state index contributed by atoms with van der Waals surface area (Å²) in [6.07, 6.45) is -0.249. The molecule has 1 aliphatic rings. The first-order valence-electron chi connectivity index (χ1n) is 8.78. The molecular formula is C19H25N3O4. The van der Waals surface area contributed by atoms with Crippen LogP contribution < -0.4 is 14.4 Å². The molecule has 1 aromatic heterocycles. The van der Waals surface area contributed by atoms with Gasteiger partial charge in [0.25, 0.3) is 0 Å². The normalized spacial score (nSPS) is 14.5. The van der Waals surface area contributed by atoms with Crippen molar-refractivity contribution in [3.63, 3.8) is 0 Å². The molecule has 0 saturated carbocycles. The van der Waals surface area contributed by atoms with Crippen LogP contribution in [0.15, 0.2) is 18.2 Å². The maximum Gasteiger partial charge on any atom is 0.409 e. The lowest BCUT2D eigenvalue weighted by Crippen LogP contribution is -2.49. The minimum Gasteiger partial charge on any atom is -0.496 e. The molecule has 1 amide bonds. The Morgan fingerprint density at radius 2 is 1.77 bits per heavy atom. The van der Waals surface area contributed by atoms with E-state index in [9.17, 15) is 4.79 Å². The van der Waals surface area contributed by atoms with Crippen LogP contribution in [0.4, 0.5) is 10.6 Å². The number of pyridine rings is 1. The fraction of sp³-hybridized carbons (Fsp3) is 0.474. The van der Waals surface area contributed by atoms with Gasteiger partial charge in [-0.1, -0.05) is 0 Å². The summed E-state index contributed by atoms with van der Waals surface area (Å²) in [4.78, 5) is 20.6. The molecule has 1 fully saturated rings. The largest absolute Gasteiger partial charge is 0.496 e. The number of rotatable bonds is 4.